The lowest BCUT2D eigenvalue weighted by atomic mass is 10.2. The quantitative estimate of drug-likeness (QED) is 0.611. The van der Waals surface area contributed by atoms with Crippen LogP contribution in [-0.2, 0) is 27.8 Å². The fourth-order valence-electron chi connectivity index (χ4n) is 4.11. The largest absolute Gasteiger partial charge is 0.339 e. The van der Waals surface area contributed by atoms with Crippen LogP contribution in [0.15, 0.2) is 47.4 Å². The van der Waals surface area contributed by atoms with Gasteiger partial charge in [-0.1, -0.05) is 31.2 Å². The first-order valence-corrected chi connectivity index (χ1v) is 12.0. The van der Waals surface area contributed by atoms with E-state index >= 15 is 0 Å². The van der Waals surface area contributed by atoms with Crippen molar-refractivity contribution in [2.24, 2.45) is 0 Å². The summed E-state index contributed by atoms with van der Waals surface area (Å²) in [5.41, 5.74) is 3.49. The summed E-state index contributed by atoms with van der Waals surface area (Å²) in [6.07, 6.45) is 0.740. The molecule has 0 radical (unpaired) electrons. The van der Waals surface area contributed by atoms with E-state index < -0.39 is 10.0 Å². The second-order valence-electron chi connectivity index (χ2n) is 8.01. The van der Waals surface area contributed by atoms with Crippen molar-refractivity contribution >= 4 is 27.0 Å². The number of rotatable bonds is 5. The number of fused-ring (bicyclic) bond motifs is 1. The summed E-state index contributed by atoms with van der Waals surface area (Å²) in [7, 11) is -3.57. The number of benzene rings is 2. The molecule has 1 amide bonds. The molecular weight excluding hydrogens is 412 g/mol. The smallest absolute Gasteiger partial charge is 0.243 e. The molecule has 0 atom stereocenters. The minimum atomic E-state index is -3.57. The van der Waals surface area contributed by atoms with E-state index in [1.807, 2.05) is 61.7 Å². The number of amides is 1. The maximum atomic E-state index is 13.1. The van der Waals surface area contributed by atoms with Crippen molar-refractivity contribution in [3.05, 3.63) is 59.4 Å². The van der Waals surface area contributed by atoms with E-state index in [0.29, 0.717) is 31.1 Å². The molecule has 1 aliphatic heterocycles. The predicted octanol–water partition coefficient (Wildman–Crippen LogP) is 2.75. The van der Waals surface area contributed by atoms with Crippen LogP contribution >= 0.6 is 0 Å². The fourth-order valence-corrected chi connectivity index (χ4v) is 5.84. The molecule has 0 N–H and O–H groups in total. The average Bonchev–Trinajstić information content (AvgIpc) is 3.13. The first kappa shape index (κ1) is 21.5. The molecule has 0 bridgehead atoms. The molecule has 8 heteroatoms. The average molecular weight is 441 g/mol. The molecular formula is C23H28N4O3S. The molecule has 7 nitrogen and oxygen atoms in total. The fraction of sp³-hybridized carbons (Fsp3) is 0.391. The third-order valence-corrected chi connectivity index (χ3v) is 7.94. The normalized spacial score (nSPS) is 15.5. The minimum Gasteiger partial charge on any atom is -0.339 e. The number of imidazole rings is 1. The Morgan fingerprint density at radius 3 is 2.45 bits per heavy atom. The highest BCUT2D eigenvalue weighted by Crippen LogP contribution is 2.23. The van der Waals surface area contributed by atoms with E-state index in [-0.39, 0.29) is 12.5 Å². The summed E-state index contributed by atoms with van der Waals surface area (Å²) < 4.78 is 29.7. The van der Waals surface area contributed by atoms with Crippen LogP contribution < -0.4 is 0 Å². The molecule has 4 rings (SSSR count). The van der Waals surface area contributed by atoms with Crippen LogP contribution in [0, 0.1) is 13.8 Å². The van der Waals surface area contributed by atoms with Gasteiger partial charge in [0.1, 0.15) is 12.4 Å². The Balaban J connectivity index is 1.47. The first-order valence-electron chi connectivity index (χ1n) is 10.6. The van der Waals surface area contributed by atoms with E-state index in [2.05, 4.69) is 4.98 Å². The summed E-state index contributed by atoms with van der Waals surface area (Å²) >= 11 is 0. The van der Waals surface area contributed by atoms with Crippen LogP contribution in [0.25, 0.3) is 11.0 Å². The van der Waals surface area contributed by atoms with Gasteiger partial charge in [-0.2, -0.15) is 4.31 Å². The van der Waals surface area contributed by atoms with Crippen LogP contribution in [0.2, 0.25) is 0 Å². The van der Waals surface area contributed by atoms with Gasteiger partial charge in [-0.3, -0.25) is 4.79 Å². The Hall–Kier alpha value is -2.71. The zero-order valence-electron chi connectivity index (χ0n) is 18.2. The van der Waals surface area contributed by atoms with Gasteiger partial charge in [-0.15, -0.1) is 0 Å². The standard InChI is InChI=1S/C23H28N4O3S/c1-4-22-24-19-7-5-6-8-20(19)27(22)16-23(28)25-11-13-26(14-12-25)31(29,30)21-15-17(2)9-10-18(21)3/h5-10,15H,4,11-14,16H2,1-3H3. The van der Waals surface area contributed by atoms with Crippen molar-refractivity contribution in [3.8, 4) is 0 Å². The van der Waals surface area contributed by atoms with Crippen LogP contribution in [0.1, 0.15) is 23.9 Å². The molecule has 31 heavy (non-hydrogen) atoms. The second-order valence-corrected chi connectivity index (χ2v) is 9.92. The third-order valence-electron chi connectivity index (χ3n) is 5.90. The number of aryl methyl sites for hydroxylation is 3. The van der Waals surface area contributed by atoms with Crippen molar-refractivity contribution in [2.45, 2.75) is 38.6 Å². The molecule has 2 aromatic carbocycles. The molecule has 3 aromatic rings. The molecule has 1 fully saturated rings. The highest BCUT2D eigenvalue weighted by atomic mass is 32.2. The van der Waals surface area contributed by atoms with E-state index in [4.69, 9.17) is 0 Å². The number of carbonyl (C=O) groups is 1. The van der Waals surface area contributed by atoms with Gasteiger partial charge in [0.05, 0.1) is 15.9 Å². The number of piperazine rings is 1. The van der Waals surface area contributed by atoms with Gasteiger partial charge in [0.25, 0.3) is 0 Å². The Morgan fingerprint density at radius 2 is 1.74 bits per heavy atom. The van der Waals surface area contributed by atoms with Crippen LogP contribution in [-0.4, -0.2) is 59.3 Å². The lowest BCUT2D eigenvalue weighted by molar-refractivity contribution is -0.133. The van der Waals surface area contributed by atoms with Crippen LogP contribution in [0.4, 0.5) is 0 Å². The van der Waals surface area contributed by atoms with Crippen molar-refractivity contribution in [3.63, 3.8) is 0 Å². The number of aromatic nitrogens is 2. The summed E-state index contributed by atoms with van der Waals surface area (Å²) in [6, 6.07) is 13.3. The molecule has 0 spiro atoms. The molecule has 164 valence electrons. The van der Waals surface area contributed by atoms with Crippen molar-refractivity contribution in [1.82, 2.24) is 18.8 Å². The molecule has 1 aromatic heterocycles. The third kappa shape index (κ3) is 4.09. The highest BCUT2D eigenvalue weighted by molar-refractivity contribution is 7.89. The van der Waals surface area contributed by atoms with E-state index in [0.717, 1.165) is 34.4 Å². The molecule has 0 unspecified atom stereocenters. The maximum Gasteiger partial charge on any atom is 0.243 e. The Bertz CT molecular complexity index is 1220. The Morgan fingerprint density at radius 1 is 1.03 bits per heavy atom. The van der Waals surface area contributed by atoms with Gasteiger partial charge in [0.2, 0.25) is 15.9 Å². The zero-order valence-corrected chi connectivity index (χ0v) is 19.0. The van der Waals surface area contributed by atoms with Gasteiger partial charge in [0, 0.05) is 32.6 Å². The monoisotopic (exact) mass is 440 g/mol. The SMILES string of the molecule is CCc1nc2ccccc2n1CC(=O)N1CCN(S(=O)(=O)c2cc(C)ccc2C)CC1. The minimum absolute atomic E-state index is 0.0124. The summed E-state index contributed by atoms with van der Waals surface area (Å²) in [5.74, 6) is 0.868. The summed E-state index contributed by atoms with van der Waals surface area (Å²) in [6.45, 7) is 7.31. The lowest BCUT2D eigenvalue weighted by Crippen LogP contribution is -2.51. The molecule has 0 aliphatic carbocycles. The maximum absolute atomic E-state index is 13.1. The number of carbonyl (C=O) groups excluding carboxylic acids is 1. The van der Waals surface area contributed by atoms with Crippen LogP contribution in [0.5, 0.6) is 0 Å². The molecule has 0 saturated carbocycles. The number of nitrogens with zero attached hydrogens (tertiary/aromatic N) is 4. The second kappa shape index (κ2) is 8.43. The number of hydrogen-bond acceptors (Lipinski definition) is 4. The molecule has 1 saturated heterocycles. The number of hydrogen-bond donors (Lipinski definition) is 0. The van der Waals surface area contributed by atoms with E-state index in [1.165, 1.54) is 4.31 Å². The van der Waals surface area contributed by atoms with Crippen molar-refractivity contribution in [2.75, 3.05) is 26.2 Å². The number of para-hydroxylation sites is 2. The van der Waals surface area contributed by atoms with E-state index in [9.17, 15) is 13.2 Å². The highest BCUT2D eigenvalue weighted by Gasteiger charge is 2.31. The van der Waals surface area contributed by atoms with Gasteiger partial charge in [-0.05, 0) is 43.2 Å². The summed E-state index contributed by atoms with van der Waals surface area (Å²) in [4.78, 5) is 19.7. The summed E-state index contributed by atoms with van der Waals surface area (Å²) in [5, 5.41) is 0. The van der Waals surface area contributed by atoms with Crippen molar-refractivity contribution in [1.29, 1.82) is 0 Å². The molecule has 1 aliphatic rings. The Labute approximate surface area is 183 Å². The van der Waals surface area contributed by atoms with Gasteiger partial charge < -0.3 is 9.47 Å². The lowest BCUT2D eigenvalue weighted by Gasteiger charge is -2.34. The van der Waals surface area contributed by atoms with E-state index in [1.54, 1.807) is 11.0 Å². The van der Waals surface area contributed by atoms with Crippen LogP contribution in [0.3, 0.4) is 0 Å². The van der Waals surface area contributed by atoms with Crippen molar-refractivity contribution < 1.29 is 13.2 Å². The van der Waals surface area contributed by atoms with Gasteiger partial charge in [0.15, 0.2) is 0 Å². The molecule has 2 heterocycles. The van der Waals surface area contributed by atoms with Gasteiger partial charge in [-0.25, -0.2) is 13.4 Å². The zero-order chi connectivity index (χ0) is 22.2. The first-order chi connectivity index (χ1) is 14.8. The van der Waals surface area contributed by atoms with Gasteiger partial charge >= 0.3 is 0 Å². The topological polar surface area (TPSA) is 75.5 Å². The Kier molecular flexibility index (Phi) is 5.85. The predicted molar refractivity (Wildman–Crippen MR) is 120 cm³/mol. The number of sulfonamides is 1.